The maximum absolute atomic E-state index is 13.2. The van der Waals surface area contributed by atoms with Crippen molar-refractivity contribution in [2.24, 2.45) is 0 Å². The second kappa shape index (κ2) is 6.25. The molecule has 5 rings (SSSR count). The number of hydrogen-bond donors (Lipinski definition) is 2. The Morgan fingerprint density at radius 1 is 1.30 bits per heavy atom. The topological polar surface area (TPSA) is 82.1 Å². The number of thiophene rings is 1. The summed E-state index contributed by atoms with van der Waals surface area (Å²) in [5.74, 6) is 0.0749. The largest absolute Gasteiger partial charge is 0.383 e. The molecule has 2 N–H and O–H groups in total. The van der Waals surface area contributed by atoms with Crippen LogP contribution in [0.5, 0.6) is 0 Å². The normalized spacial score (nSPS) is 27.3. The Morgan fingerprint density at radius 3 is 2.70 bits per heavy atom. The van der Waals surface area contributed by atoms with Gasteiger partial charge in [-0.2, -0.15) is 5.10 Å². The lowest BCUT2D eigenvalue weighted by Gasteiger charge is -2.42. The highest BCUT2D eigenvalue weighted by Gasteiger charge is 2.51. The van der Waals surface area contributed by atoms with Crippen LogP contribution >= 0.6 is 22.7 Å². The van der Waals surface area contributed by atoms with Crippen LogP contribution < -0.4 is 0 Å². The molecule has 3 aromatic rings. The fourth-order valence-electron chi connectivity index (χ4n) is 4.43. The fourth-order valence-corrected chi connectivity index (χ4v) is 6.22. The molecule has 0 aliphatic carbocycles. The van der Waals surface area contributed by atoms with Crippen molar-refractivity contribution < 1.29 is 9.90 Å². The third-order valence-corrected chi connectivity index (χ3v) is 7.78. The molecule has 6 nitrogen and oxygen atoms in total. The first-order chi connectivity index (χ1) is 13.0. The van der Waals surface area contributed by atoms with Gasteiger partial charge in [-0.25, -0.2) is 4.98 Å². The van der Waals surface area contributed by atoms with Gasteiger partial charge in [-0.3, -0.25) is 9.89 Å². The van der Waals surface area contributed by atoms with E-state index >= 15 is 0 Å². The second-order valence-corrected chi connectivity index (χ2v) is 9.29. The third kappa shape index (κ3) is 2.83. The number of nitrogens with zero attached hydrogens (tertiary/aromatic N) is 3. The Hall–Kier alpha value is -2.03. The molecular weight excluding hydrogens is 380 g/mol. The number of amides is 1. The van der Waals surface area contributed by atoms with E-state index in [-0.39, 0.29) is 18.0 Å². The van der Waals surface area contributed by atoms with E-state index in [1.54, 1.807) is 17.5 Å². The average molecular weight is 401 g/mol. The summed E-state index contributed by atoms with van der Waals surface area (Å²) in [5.41, 5.74) is 1.76. The number of carbonyl (C=O) groups is 1. The summed E-state index contributed by atoms with van der Waals surface area (Å²) in [5, 5.41) is 22.7. The molecule has 3 aromatic heterocycles. The van der Waals surface area contributed by atoms with E-state index < -0.39 is 5.60 Å². The van der Waals surface area contributed by atoms with Gasteiger partial charge in [0.15, 0.2) is 0 Å². The Balaban J connectivity index is 1.39. The van der Waals surface area contributed by atoms with Gasteiger partial charge in [-0.1, -0.05) is 0 Å². The summed E-state index contributed by atoms with van der Waals surface area (Å²) in [6.45, 7) is 1.95. The number of aromatic amines is 1. The van der Waals surface area contributed by atoms with E-state index in [0.29, 0.717) is 12.8 Å². The Morgan fingerprint density at radius 2 is 2.07 bits per heavy atom. The molecule has 2 unspecified atom stereocenters. The van der Waals surface area contributed by atoms with E-state index in [1.807, 2.05) is 34.8 Å². The van der Waals surface area contributed by atoms with Crippen molar-refractivity contribution in [3.8, 4) is 10.4 Å². The monoisotopic (exact) mass is 400 g/mol. The third-order valence-electron chi connectivity index (χ3n) is 5.65. The van der Waals surface area contributed by atoms with Crippen LogP contribution in [-0.2, 0) is 5.60 Å². The lowest BCUT2D eigenvalue weighted by Crippen LogP contribution is -2.51. The molecule has 2 aliphatic rings. The number of aryl methyl sites for hydroxylation is 1. The van der Waals surface area contributed by atoms with Crippen LogP contribution in [0.1, 0.15) is 46.7 Å². The van der Waals surface area contributed by atoms with E-state index in [4.69, 9.17) is 0 Å². The van der Waals surface area contributed by atoms with Crippen LogP contribution in [0.15, 0.2) is 29.2 Å². The molecule has 27 heavy (non-hydrogen) atoms. The van der Waals surface area contributed by atoms with Crippen LogP contribution in [0.25, 0.3) is 10.4 Å². The first-order valence-corrected chi connectivity index (χ1v) is 10.8. The van der Waals surface area contributed by atoms with Gasteiger partial charge in [0.1, 0.15) is 10.6 Å². The SMILES string of the molecule is Cc1csc(C2(O)CC3CCC(C2)N3C(=O)c2csc(-c3cn[nH]c3)c2)n1. The van der Waals surface area contributed by atoms with Crippen molar-refractivity contribution >= 4 is 28.6 Å². The zero-order valence-electron chi connectivity index (χ0n) is 14.9. The molecule has 2 aliphatic heterocycles. The summed E-state index contributed by atoms with van der Waals surface area (Å²) < 4.78 is 0. The van der Waals surface area contributed by atoms with Gasteiger partial charge < -0.3 is 10.0 Å². The number of thiazole rings is 1. The van der Waals surface area contributed by atoms with E-state index in [1.165, 1.54) is 11.3 Å². The molecule has 0 radical (unpaired) electrons. The predicted octanol–water partition coefficient (Wildman–Crippen LogP) is 3.56. The van der Waals surface area contributed by atoms with Crippen LogP contribution in [-0.4, -0.2) is 43.2 Å². The summed E-state index contributed by atoms with van der Waals surface area (Å²) in [6.07, 6.45) is 6.63. The Bertz CT molecular complexity index is 964. The second-order valence-electron chi connectivity index (χ2n) is 7.52. The number of nitrogens with one attached hydrogen (secondary N) is 1. The summed E-state index contributed by atoms with van der Waals surface area (Å²) in [7, 11) is 0. The van der Waals surface area contributed by atoms with E-state index in [2.05, 4.69) is 15.2 Å². The molecule has 0 aromatic carbocycles. The molecule has 140 valence electrons. The average Bonchev–Trinajstić information content (AvgIpc) is 3.40. The van der Waals surface area contributed by atoms with E-state index in [0.717, 1.165) is 39.5 Å². The van der Waals surface area contributed by atoms with Crippen molar-refractivity contribution in [3.63, 3.8) is 0 Å². The minimum absolute atomic E-state index is 0.0720. The summed E-state index contributed by atoms with van der Waals surface area (Å²) >= 11 is 3.08. The molecule has 2 saturated heterocycles. The number of aromatic nitrogens is 3. The molecule has 2 fully saturated rings. The van der Waals surface area contributed by atoms with Gasteiger partial charge in [-0.05, 0) is 25.8 Å². The maximum Gasteiger partial charge on any atom is 0.255 e. The Kier molecular flexibility index (Phi) is 3.96. The molecule has 2 atom stereocenters. The van der Waals surface area contributed by atoms with Crippen molar-refractivity contribution in [2.75, 3.05) is 0 Å². The van der Waals surface area contributed by atoms with Crippen molar-refractivity contribution in [2.45, 2.75) is 50.3 Å². The minimum Gasteiger partial charge on any atom is -0.383 e. The zero-order valence-corrected chi connectivity index (χ0v) is 16.5. The number of piperidine rings is 1. The van der Waals surface area contributed by atoms with Crippen molar-refractivity contribution in [3.05, 3.63) is 45.5 Å². The predicted molar refractivity (Wildman–Crippen MR) is 105 cm³/mol. The molecular formula is C19H20N4O2S2. The molecule has 0 saturated carbocycles. The molecule has 8 heteroatoms. The van der Waals surface area contributed by atoms with Gasteiger partial charge in [-0.15, -0.1) is 22.7 Å². The molecule has 5 heterocycles. The number of H-pyrrole nitrogens is 1. The number of aliphatic hydroxyl groups is 1. The lowest BCUT2D eigenvalue weighted by atomic mass is 9.86. The molecule has 2 bridgehead atoms. The minimum atomic E-state index is -0.905. The fraction of sp³-hybridized carbons (Fsp3) is 0.421. The van der Waals surface area contributed by atoms with Gasteiger partial charge in [0, 0.05) is 58.0 Å². The van der Waals surface area contributed by atoms with Crippen molar-refractivity contribution in [1.29, 1.82) is 0 Å². The van der Waals surface area contributed by atoms with Crippen LogP contribution in [0.4, 0.5) is 0 Å². The number of fused-ring (bicyclic) bond motifs is 2. The highest BCUT2D eigenvalue weighted by atomic mass is 32.1. The first kappa shape index (κ1) is 17.1. The quantitative estimate of drug-likeness (QED) is 0.704. The van der Waals surface area contributed by atoms with Crippen LogP contribution in [0, 0.1) is 6.92 Å². The van der Waals surface area contributed by atoms with Crippen LogP contribution in [0.2, 0.25) is 0 Å². The van der Waals surface area contributed by atoms with Crippen molar-refractivity contribution in [1.82, 2.24) is 20.1 Å². The first-order valence-electron chi connectivity index (χ1n) is 9.09. The Labute approximate surface area is 164 Å². The van der Waals surface area contributed by atoms with Crippen LogP contribution in [0.3, 0.4) is 0 Å². The van der Waals surface area contributed by atoms with E-state index in [9.17, 15) is 9.90 Å². The smallest absolute Gasteiger partial charge is 0.255 e. The summed E-state index contributed by atoms with van der Waals surface area (Å²) in [4.78, 5) is 20.8. The van der Waals surface area contributed by atoms with Gasteiger partial charge in [0.2, 0.25) is 0 Å². The zero-order chi connectivity index (χ0) is 18.6. The number of rotatable bonds is 3. The molecule has 0 spiro atoms. The summed E-state index contributed by atoms with van der Waals surface area (Å²) in [6, 6.07) is 2.09. The number of hydrogen-bond acceptors (Lipinski definition) is 6. The molecule has 1 amide bonds. The maximum atomic E-state index is 13.2. The van der Waals surface area contributed by atoms with Gasteiger partial charge in [0.25, 0.3) is 5.91 Å². The standard InChI is InChI=1S/C19H20N4O2S2/c1-11-9-27-18(22-11)19(25)5-14-2-3-15(6-19)23(14)17(24)12-4-16(26-10-12)13-7-20-21-8-13/h4,7-10,14-15,25H,2-3,5-6H2,1H3,(H,20,21). The highest BCUT2D eigenvalue weighted by Crippen LogP contribution is 2.47. The van der Waals surface area contributed by atoms with Gasteiger partial charge >= 0.3 is 0 Å². The van der Waals surface area contributed by atoms with Gasteiger partial charge in [0.05, 0.1) is 11.8 Å². The highest BCUT2D eigenvalue weighted by molar-refractivity contribution is 7.13. The number of carbonyl (C=O) groups excluding carboxylic acids is 1. The lowest BCUT2D eigenvalue weighted by molar-refractivity contribution is -0.0480.